The van der Waals surface area contributed by atoms with E-state index in [2.05, 4.69) is 0 Å². The molecular formula is C25H23NO4. The molecule has 1 unspecified atom stereocenters. The number of aryl methyl sites for hydroxylation is 4. The SMILES string of the molecule is Cc1ccc(/C(O)=C2/C(=O)C(=O)N(c3cc(C)cc(C)c3)C2c2ccc(C)o2)cc1. The number of ketones is 1. The molecule has 1 aromatic heterocycles. The number of nitrogens with zero attached hydrogens (tertiary/aromatic N) is 1. The van der Waals surface area contributed by atoms with E-state index < -0.39 is 17.7 Å². The van der Waals surface area contributed by atoms with Crippen LogP contribution < -0.4 is 4.90 Å². The fraction of sp³-hybridized carbons (Fsp3) is 0.200. The molecule has 30 heavy (non-hydrogen) atoms. The van der Waals surface area contributed by atoms with Crippen LogP contribution in [0.25, 0.3) is 5.76 Å². The number of carbonyl (C=O) groups excluding carboxylic acids is 2. The molecule has 0 spiro atoms. The summed E-state index contributed by atoms with van der Waals surface area (Å²) in [6.07, 6.45) is 0. The number of amides is 1. The van der Waals surface area contributed by atoms with Gasteiger partial charge >= 0.3 is 0 Å². The van der Waals surface area contributed by atoms with Crippen LogP contribution in [-0.2, 0) is 9.59 Å². The summed E-state index contributed by atoms with van der Waals surface area (Å²) in [5, 5.41) is 11.1. The summed E-state index contributed by atoms with van der Waals surface area (Å²) in [5.41, 5.74) is 4.07. The number of Topliss-reactive ketones (excluding diaryl/α,β-unsaturated/α-hetero) is 1. The lowest BCUT2D eigenvalue weighted by Crippen LogP contribution is -2.29. The van der Waals surface area contributed by atoms with E-state index >= 15 is 0 Å². The van der Waals surface area contributed by atoms with Crippen molar-refractivity contribution in [1.29, 1.82) is 0 Å². The smallest absolute Gasteiger partial charge is 0.300 e. The fourth-order valence-corrected chi connectivity index (χ4v) is 3.93. The molecule has 3 aromatic rings. The first kappa shape index (κ1) is 19.7. The molecule has 152 valence electrons. The minimum atomic E-state index is -0.846. The number of anilines is 1. The van der Waals surface area contributed by atoms with E-state index in [9.17, 15) is 14.7 Å². The lowest BCUT2D eigenvalue weighted by atomic mass is 9.98. The number of aliphatic hydroxyl groups is 1. The average molecular weight is 401 g/mol. The number of furan rings is 1. The Kier molecular flexibility index (Phi) is 4.82. The summed E-state index contributed by atoms with van der Waals surface area (Å²) in [6, 6.07) is 15.5. The Labute approximate surface area is 175 Å². The topological polar surface area (TPSA) is 70.8 Å². The van der Waals surface area contributed by atoms with Crippen molar-refractivity contribution in [3.63, 3.8) is 0 Å². The molecule has 0 bridgehead atoms. The molecule has 1 atom stereocenters. The van der Waals surface area contributed by atoms with Gasteiger partial charge in [0.15, 0.2) is 0 Å². The highest BCUT2D eigenvalue weighted by Crippen LogP contribution is 2.43. The number of aliphatic hydroxyl groups excluding tert-OH is 1. The van der Waals surface area contributed by atoms with Crippen molar-refractivity contribution in [3.8, 4) is 0 Å². The van der Waals surface area contributed by atoms with Crippen LogP contribution in [0.4, 0.5) is 5.69 Å². The highest BCUT2D eigenvalue weighted by atomic mass is 16.3. The molecule has 1 amide bonds. The molecule has 4 rings (SSSR count). The molecule has 0 saturated carbocycles. The number of rotatable bonds is 3. The van der Waals surface area contributed by atoms with E-state index in [0.717, 1.165) is 16.7 Å². The third-order valence-corrected chi connectivity index (χ3v) is 5.28. The van der Waals surface area contributed by atoms with Crippen molar-refractivity contribution in [2.45, 2.75) is 33.7 Å². The standard InChI is InChI=1S/C25H23NO4/c1-14-5-8-18(9-6-14)23(27)21-22(20-10-7-17(4)30-20)26(25(29)24(21)28)19-12-15(2)11-16(3)13-19/h5-13,22,27H,1-4H3/b23-21-. The lowest BCUT2D eigenvalue weighted by Gasteiger charge is -2.24. The molecule has 1 N–H and O–H groups in total. The predicted octanol–water partition coefficient (Wildman–Crippen LogP) is 5.14. The monoisotopic (exact) mass is 401 g/mol. The zero-order valence-electron chi connectivity index (χ0n) is 17.4. The number of hydrogen-bond donors (Lipinski definition) is 1. The van der Waals surface area contributed by atoms with Crippen LogP contribution in [-0.4, -0.2) is 16.8 Å². The highest BCUT2D eigenvalue weighted by Gasteiger charge is 2.48. The Morgan fingerprint density at radius 1 is 0.867 bits per heavy atom. The molecule has 2 aromatic carbocycles. The highest BCUT2D eigenvalue weighted by molar-refractivity contribution is 6.51. The van der Waals surface area contributed by atoms with Gasteiger partial charge in [0.1, 0.15) is 23.3 Å². The summed E-state index contributed by atoms with van der Waals surface area (Å²) in [6.45, 7) is 7.61. The first-order valence-electron chi connectivity index (χ1n) is 9.79. The maximum atomic E-state index is 13.1. The van der Waals surface area contributed by atoms with Gasteiger partial charge in [-0.2, -0.15) is 0 Å². The number of hydrogen-bond acceptors (Lipinski definition) is 4. The van der Waals surface area contributed by atoms with E-state index in [0.29, 0.717) is 22.8 Å². The second kappa shape index (κ2) is 7.34. The molecule has 1 aliphatic rings. The van der Waals surface area contributed by atoms with Crippen LogP contribution in [0.1, 0.15) is 39.8 Å². The Morgan fingerprint density at radius 2 is 1.50 bits per heavy atom. The van der Waals surface area contributed by atoms with E-state index in [-0.39, 0.29) is 11.3 Å². The molecule has 5 heteroatoms. The zero-order valence-corrected chi connectivity index (χ0v) is 17.4. The fourth-order valence-electron chi connectivity index (χ4n) is 3.93. The maximum absolute atomic E-state index is 13.1. The van der Waals surface area contributed by atoms with Crippen molar-refractivity contribution < 1.29 is 19.1 Å². The lowest BCUT2D eigenvalue weighted by molar-refractivity contribution is -0.132. The third kappa shape index (κ3) is 3.32. The first-order valence-corrected chi connectivity index (χ1v) is 9.79. The largest absolute Gasteiger partial charge is 0.507 e. The van der Waals surface area contributed by atoms with Crippen LogP contribution in [0, 0.1) is 27.7 Å². The van der Waals surface area contributed by atoms with Crippen molar-refractivity contribution in [3.05, 3.63) is 93.9 Å². The van der Waals surface area contributed by atoms with Gasteiger partial charge < -0.3 is 9.52 Å². The van der Waals surface area contributed by atoms with Crippen molar-refractivity contribution in [2.24, 2.45) is 0 Å². The molecule has 0 aliphatic carbocycles. The average Bonchev–Trinajstić information content (AvgIpc) is 3.22. The van der Waals surface area contributed by atoms with Gasteiger partial charge in [0.2, 0.25) is 0 Å². The van der Waals surface area contributed by atoms with E-state index in [1.54, 1.807) is 31.2 Å². The van der Waals surface area contributed by atoms with Crippen LogP contribution in [0.3, 0.4) is 0 Å². The van der Waals surface area contributed by atoms with Gasteiger partial charge in [-0.3, -0.25) is 14.5 Å². The van der Waals surface area contributed by atoms with Crippen LogP contribution in [0.2, 0.25) is 0 Å². The normalized spacial score (nSPS) is 18.3. The third-order valence-electron chi connectivity index (χ3n) is 5.28. The molecule has 1 aliphatic heterocycles. The summed E-state index contributed by atoms with van der Waals surface area (Å²) >= 11 is 0. The van der Waals surface area contributed by atoms with Gasteiger partial charge in [-0.25, -0.2) is 0 Å². The summed E-state index contributed by atoms with van der Waals surface area (Å²) in [5.74, 6) is -0.538. The van der Waals surface area contributed by atoms with Gasteiger partial charge in [0, 0.05) is 11.3 Å². The van der Waals surface area contributed by atoms with Crippen LogP contribution >= 0.6 is 0 Å². The molecule has 5 nitrogen and oxygen atoms in total. The van der Waals surface area contributed by atoms with Gasteiger partial charge in [-0.15, -0.1) is 0 Å². The van der Waals surface area contributed by atoms with Gasteiger partial charge in [-0.05, 0) is 63.1 Å². The number of carbonyl (C=O) groups is 2. The van der Waals surface area contributed by atoms with Crippen LogP contribution in [0.5, 0.6) is 0 Å². The summed E-state index contributed by atoms with van der Waals surface area (Å²) in [4.78, 5) is 27.6. The van der Waals surface area contributed by atoms with Crippen molar-refractivity contribution >= 4 is 23.1 Å². The maximum Gasteiger partial charge on any atom is 0.300 e. The second-order valence-corrected chi connectivity index (χ2v) is 7.83. The van der Waals surface area contributed by atoms with Crippen LogP contribution in [0.15, 0.2) is 64.6 Å². The molecule has 1 fully saturated rings. The first-order chi connectivity index (χ1) is 14.3. The van der Waals surface area contributed by atoms with Crippen molar-refractivity contribution in [1.82, 2.24) is 0 Å². The Hall–Kier alpha value is -3.60. The number of benzene rings is 2. The quantitative estimate of drug-likeness (QED) is 0.375. The summed E-state index contributed by atoms with van der Waals surface area (Å²) < 4.78 is 5.82. The minimum absolute atomic E-state index is 0.0253. The Morgan fingerprint density at radius 3 is 2.07 bits per heavy atom. The zero-order chi connectivity index (χ0) is 21.6. The molecule has 1 saturated heterocycles. The van der Waals surface area contributed by atoms with Gasteiger partial charge in [0.25, 0.3) is 11.7 Å². The molecular weight excluding hydrogens is 378 g/mol. The Balaban J connectivity index is 1.95. The van der Waals surface area contributed by atoms with E-state index in [1.807, 2.05) is 51.1 Å². The minimum Gasteiger partial charge on any atom is -0.507 e. The molecule has 2 heterocycles. The van der Waals surface area contributed by atoms with Gasteiger partial charge in [-0.1, -0.05) is 35.9 Å². The van der Waals surface area contributed by atoms with Gasteiger partial charge in [0.05, 0.1) is 5.57 Å². The predicted molar refractivity (Wildman–Crippen MR) is 115 cm³/mol. The Bertz CT molecular complexity index is 1160. The van der Waals surface area contributed by atoms with Crippen molar-refractivity contribution in [2.75, 3.05) is 4.90 Å². The van der Waals surface area contributed by atoms with E-state index in [1.165, 1.54) is 4.90 Å². The van der Waals surface area contributed by atoms with E-state index in [4.69, 9.17) is 4.42 Å². The molecule has 0 radical (unpaired) electrons. The second-order valence-electron chi connectivity index (χ2n) is 7.83. The summed E-state index contributed by atoms with van der Waals surface area (Å²) in [7, 11) is 0.